The summed E-state index contributed by atoms with van der Waals surface area (Å²) < 4.78 is 12.3. The van der Waals surface area contributed by atoms with E-state index < -0.39 is 11.0 Å². The third-order valence-electron chi connectivity index (χ3n) is 7.31. The lowest BCUT2D eigenvalue weighted by molar-refractivity contribution is -0.214. The van der Waals surface area contributed by atoms with Crippen molar-refractivity contribution in [2.24, 2.45) is 0 Å². The zero-order chi connectivity index (χ0) is 18.8. The Morgan fingerprint density at radius 2 is 2.22 bits per heavy atom. The molecule has 4 aliphatic rings. The smallest absolute Gasteiger partial charge is 0.165 e. The number of ether oxygens (including phenoxy) is 2. The monoisotopic (exact) mass is 373 g/mol. The summed E-state index contributed by atoms with van der Waals surface area (Å²) in [5.41, 5.74) is 0.637. The summed E-state index contributed by atoms with van der Waals surface area (Å²) in [4.78, 5) is 2.33. The van der Waals surface area contributed by atoms with Crippen molar-refractivity contribution in [1.82, 2.24) is 4.90 Å². The summed E-state index contributed by atoms with van der Waals surface area (Å²) in [5.74, 6) is 0.652. The van der Waals surface area contributed by atoms with Gasteiger partial charge in [0, 0.05) is 18.2 Å². The highest BCUT2D eigenvalue weighted by atomic mass is 16.6. The van der Waals surface area contributed by atoms with Gasteiger partial charge >= 0.3 is 0 Å². The minimum absolute atomic E-state index is 0.00265. The molecule has 1 aromatic rings. The molecule has 6 heteroatoms. The molecule has 2 aliphatic heterocycles. The lowest BCUT2D eigenvalue weighted by Gasteiger charge is -2.64. The number of rotatable bonds is 5. The molecule has 1 saturated carbocycles. The van der Waals surface area contributed by atoms with Gasteiger partial charge in [-0.15, -0.1) is 6.58 Å². The van der Waals surface area contributed by atoms with Gasteiger partial charge in [0.1, 0.15) is 6.10 Å². The average molecular weight is 373 g/mol. The van der Waals surface area contributed by atoms with Gasteiger partial charge in [0.25, 0.3) is 0 Å². The third kappa shape index (κ3) is 2.04. The van der Waals surface area contributed by atoms with Crippen LogP contribution < -0.4 is 4.74 Å². The topological polar surface area (TPSA) is 82.4 Å². The van der Waals surface area contributed by atoms with Crippen LogP contribution in [0.4, 0.5) is 0 Å². The SMILES string of the molecule is C=CCN1CC[C@]23c4c5ccc(O)c4O[C@H]2C(OCCO)CC[C@@]3(O)[C@H]1C5. The molecule has 5 atom stereocenters. The first kappa shape index (κ1) is 17.5. The number of piperidine rings is 1. The Morgan fingerprint density at radius 3 is 3.00 bits per heavy atom. The maximum absolute atomic E-state index is 12.1. The van der Waals surface area contributed by atoms with E-state index in [9.17, 15) is 15.3 Å². The molecule has 1 aromatic carbocycles. The molecule has 146 valence electrons. The Labute approximate surface area is 159 Å². The molecule has 1 spiro atoms. The number of phenolic OH excluding ortho intramolecular Hbond substituents is 1. The molecule has 5 rings (SSSR count). The van der Waals surface area contributed by atoms with Gasteiger partial charge in [-0.2, -0.15) is 0 Å². The van der Waals surface area contributed by atoms with E-state index in [4.69, 9.17) is 9.47 Å². The van der Waals surface area contributed by atoms with E-state index in [1.54, 1.807) is 6.07 Å². The second kappa shape index (κ2) is 5.95. The van der Waals surface area contributed by atoms with Crippen LogP contribution in [0.25, 0.3) is 0 Å². The van der Waals surface area contributed by atoms with Gasteiger partial charge in [-0.3, -0.25) is 4.90 Å². The molecule has 27 heavy (non-hydrogen) atoms. The van der Waals surface area contributed by atoms with Crippen molar-refractivity contribution in [3.8, 4) is 11.5 Å². The Balaban J connectivity index is 1.68. The van der Waals surface area contributed by atoms with E-state index in [2.05, 4.69) is 11.5 Å². The minimum Gasteiger partial charge on any atom is -0.504 e. The summed E-state index contributed by atoms with van der Waals surface area (Å²) in [6.07, 6.45) is 4.13. The summed E-state index contributed by atoms with van der Waals surface area (Å²) in [7, 11) is 0. The Bertz CT molecular complexity index is 782. The Morgan fingerprint density at radius 1 is 1.37 bits per heavy atom. The molecule has 2 heterocycles. The van der Waals surface area contributed by atoms with E-state index in [0.717, 1.165) is 37.1 Å². The van der Waals surface area contributed by atoms with Crippen molar-refractivity contribution in [2.45, 2.75) is 54.9 Å². The van der Waals surface area contributed by atoms with Crippen molar-refractivity contribution in [3.05, 3.63) is 35.9 Å². The Hall–Kier alpha value is -1.60. The van der Waals surface area contributed by atoms with Gasteiger partial charge in [-0.1, -0.05) is 12.1 Å². The molecule has 6 nitrogen and oxygen atoms in total. The normalized spacial score (nSPS) is 39.0. The maximum atomic E-state index is 12.1. The van der Waals surface area contributed by atoms with Gasteiger partial charge in [-0.25, -0.2) is 0 Å². The van der Waals surface area contributed by atoms with Crippen LogP contribution in [0.2, 0.25) is 0 Å². The Kier molecular flexibility index (Phi) is 3.85. The number of hydrogen-bond donors (Lipinski definition) is 3. The second-order valence-corrected chi connectivity index (χ2v) is 8.31. The van der Waals surface area contributed by atoms with E-state index in [0.29, 0.717) is 18.6 Å². The van der Waals surface area contributed by atoms with Crippen LogP contribution in [-0.2, 0) is 16.6 Å². The number of aliphatic hydroxyl groups is 2. The minimum atomic E-state index is -0.927. The summed E-state index contributed by atoms with van der Waals surface area (Å²) >= 11 is 0. The standard InChI is InChI=1S/C21H27NO5/c1-2-8-22-9-7-20-17-13-3-4-14(24)18(17)27-19(20)15(26-11-10-23)5-6-21(20,25)16(22)12-13/h2-4,15-16,19,23-25H,1,5-12H2/t15?,16-,19+,20+,21-/m1/s1. The van der Waals surface area contributed by atoms with Crippen molar-refractivity contribution in [1.29, 1.82) is 0 Å². The molecule has 2 bridgehead atoms. The number of likely N-dealkylation sites (tertiary alicyclic amines) is 1. The van der Waals surface area contributed by atoms with Crippen LogP contribution >= 0.6 is 0 Å². The van der Waals surface area contributed by atoms with Crippen LogP contribution in [0.15, 0.2) is 24.8 Å². The molecule has 0 aromatic heterocycles. The fraction of sp³-hybridized carbons (Fsp3) is 0.619. The van der Waals surface area contributed by atoms with Crippen molar-refractivity contribution in [2.75, 3.05) is 26.3 Å². The van der Waals surface area contributed by atoms with Gasteiger partial charge in [0.15, 0.2) is 11.5 Å². The molecule has 3 N–H and O–H groups in total. The third-order valence-corrected chi connectivity index (χ3v) is 7.31. The molecular formula is C21H27NO5. The molecule has 1 saturated heterocycles. The fourth-order valence-corrected chi connectivity index (χ4v) is 6.34. The quantitative estimate of drug-likeness (QED) is 0.671. The van der Waals surface area contributed by atoms with Gasteiger partial charge < -0.3 is 24.8 Å². The zero-order valence-corrected chi connectivity index (χ0v) is 15.4. The lowest BCUT2D eigenvalue weighted by atomic mass is 9.48. The molecule has 0 radical (unpaired) electrons. The number of aromatic hydroxyl groups is 1. The van der Waals surface area contributed by atoms with E-state index in [1.807, 2.05) is 12.1 Å². The van der Waals surface area contributed by atoms with Crippen LogP contribution in [-0.4, -0.2) is 70.4 Å². The summed E-state index contributed by atoms with van der Waals surface area (Å²) in [6, 6.07) is 3.67. The first-order valence-corrected chi connectivity index (χ1v) is 9.88. The van der Waals surface area contributed by atoms with Gasteiger partial charge in [0.2, 0.25) is 0 Å². The highest BCUT2D eigenvalue weighted by Gasteiger charge is 2.73. The highest BCUT2D eigenvalue weighted by Crippen LogP contribution is 2.65. The van der Waals surface area contributed by atoms with Crippen LogP contribution in [0.3, 0.4) is 0 Å². The second-order valence-electron chi connectivity index (χ2n) is 8.31. The summed E-state index contributed by atoms with van der Waals surface area (Å²) in [5, 5.41) is 31.8. The van der Waals surface area contributed by atoms with Crippen molar-refractivity contribution in [3.63, 3.8) is 0 Å². The number of benzene rings is 1. The van der Waals surface area contributed by atoms with E-state index in [1.165, 1.54) is 0 Å². The van der Waals surface area contributed by atoms with Crippen LogP contribution in [0, 0.1) is 0 Å². The first-order chi connectivity index (χ1) is 13.1. The fourth-order valence-electron chi connectivity index (χ4n) is 6.34. The number of hydrogen-bond acceptors (Lipinski definition) is 6. The van der Waals surface area contributed by atoms with Crippen molar-refractivity contribution >= 4 is 0 Å². The summed E-state index contributed by atoms with van der Waals surface area (Å²) in [6.45, 7) is 5.69. The maximum Gasteiger partial charge on any atom is 0.165 e. The molecule has 2 fully saturated rings. The largest absolute Gasteiger partial charge is 0.504 e. The van der Waals surface area contributed by atoms with E-state index in [-0.39, 0.29) is 37.2 Å². The van der Waals surface area contributed by atoms with Gasteiger partial charge in [0.05, 0.1) is 30.3 Å². The predicted octanol–water partition coefficient (Wildman–Crippen LogP) is 1.11. The molecular weight excluding hydrogens is 346 g/mol. The molecule has 1 unspecified atom stereocenters. The number of aliphatic hydroxyl groups excluding tert-OH is 1. The van der Waals surface area contributed by atoms with Crippen LogP contribution in [0.1, 0.15) is 30.4 Å². The number of nitrogens with zero attached hydrogens (tertiary/aromatic N) is 1. The van der Waals surface area contributed by atoms with Crippen LogP contribution in [0.5, 0.6) is 11.5 Å². The van der Waals surface area contributed by atoms with Gasteiger partial charge in [-0.05, 0) is 43.9 Å². The number of phenols is 1. The van der Waals surface area contributed by atoms with Crippen molar-refractivity contribution < 1.29 is 24.8 Å². The predicted molar refractivity (Wildman–Crippen MR) is 99.1 cm³/mol. The zero-order valence-electron chi connectivity index (χ0n) is 15.4. The highest BCUT2D eigenvalue weighted by molar-refractivity contribution is 5.62. The average Bonchev–Trinajstić information content (AvgIpc) is 3.01. The first-order valence-electron chi connectivity index (χ1n) is 9.88. The molecule has 2 aliphatic carbocycles. The lowest BCUT2D eigenvalue weighted by Crippen LogP contribution is -2.77. The van der Waals surface area contributed by atoms with E-state index >= 15 is 0 Å². The molecule has 0 amide bonds.